The van der Waals surface area contributed by atoms with Crippen molar-refractivity contribution in [3.63, 3.8) is 0 Å². The summed E-state index contributed by atoms with van der Waals surface area (Å²) >= 11 is 0. The van der Waals surface area contributed by atoms with Gasteiger partial charge in [0.25, 0.3) is 0 Å². The molecular weight excluding hydrogens is 98.0 g/mol. The van der Waals surface area contributed by atoms with E-state index in [0.29, 0.717) is 6.29 Å². The van der Waals surface area contributed by atoms with Crippen molar-refractivity contribution >= 4 is 19.0 Å². The van der Waals surface area contributed by atoms with Gasteiger partial charge in [-0.15, -0.1) is 0 Å². The zero-order valence-corrected chi connectivity index (χ0v) is 3.40. The maximum Gasteiger partial charge on any atom is 0.323 e. The lowest BCUT2D eigenvalue weighted by Crippen LogP contribution is -1.77. The van der Waals surface area contributed by atoms with E-state index in [9.17, 15) is 9.59 Å². The molecule has 0 unspecified atom stereocenters. The predicted molar refractivity (Wildman–Crippen MR) is 21.7 cm³/mol. The molecule has 0 amide bonds. The summed E-state index contributed by atoms with van der Waals surface area (Å²) < 4.78 is 0. The van der Waals surface area contributed by atoms with Gasteiger partial charge in [0.1, 0.15) is 6.21 Å². The normalized spacial score (nSPS) is 8.57. The summed E-state index contributed by atoms with van der Waals surface area (Å²) in [4.78, 5) is 22.3. The summed E-state index contributed by atoms with van der Waals surface area (Å²) in [5, 5.41) is 2.85. The molecule has 0 rings (SSSR count). The van der Waals surface area contributed by atoms with Crippen molar-refractivity contribution in [2.24, 2.45) is 5.16 Å². The van der Waals surface area contributed by atoms with Crippen LogP contribution in [-0.2, 0) is 14.4 Å². The molecule has 0 heterocycles. The Labute approximate surface area is 39.8 Å². The highest BCUT2D eigenvalue weighted by molar-refractivity contribution is 6.12. The fraction of sp³-hybridized carbons (Fsp3) is 0. The molecule has 0 spiro atoms. The highest BCUT2D eigenvalue weighted by Gasteiger charge is 1.64. The molecule has 4 heteroatoms. The molecule has 0 fully saturated rings. The number of nitrogens with zero attached hydrogens (tertiary/aromatic N) is 1. The van der Waals surface area contributed by atoms with Crippen molar-refractivity contribution in [2.45, 2.75) is 0 Å². The van der Waals surface area contributed by atoms with Crippen molar-refractivity contribution in [1.82, 2.24) is 0 Å². The molecule has 0 aliphatic carbocycles. The van der Waals surface area contributed by atoms with Crippen LogP contribution in [0.3, 0.4) is 0 Å². The largest absolute Gasteiger partial charge is 0.323 e. The van der Waals surface area contributed by atoms with Gasteiger partial charge in [0.2, 0.25) is 0 Å². The molecule has 0 bridgehead atoms. The minimum atomic E-state index is 0.125. The lowest BCUT2D eigenvalue weighted by Gasteiger charge is -1.72. The summed E-state index contributed by atoms with van der Waals surface area (Å²) in [5.41, 5.74) is 0. The van der Waals surface area contributed by atoms with E-state index >= 15 is 0 Å². The van der Waals surface area contributed by atoms with E-state index < -0.39 is 0 Å². The van der Waals surface area contributed by atoms with Crippen LogP contribution in [0.1, 0.15) is 0 Å². The Kier molecular flexibility index (Phi) is 3.99. The van der Waals surface area contributed by atoms with E-state index in [-0.39, 0.29) is 6.47 Å². The van der Waals surface area contributed by atoms with Crippen molar-refractivity contribution in [1.29, 1.82) is 0 Å². The Morgan fingerprint density at radius 2 is 2.14 bits per heavy atom. The van der Waals surface area contributed by atoms with Crippen LogP contribution in [0, 0.1) is 0 Å². The Bertz CT molecular complexity index is 88.2. The van der Waals surface area contributed by atoms with Gasteiger partial charge in [0.05, 0.1) is 0 Å². The minimum Gasteiger partial charge on any atom is -0.322 e. The fourth-order valence-corrected chi connectivity index (χ4v) is 0.0848. The first-order valence-corrected chi connectivity index (χ1v) is 1.48. The van der Waals surface area contributed by atoms with Crippen LogP contribution in [0.15, 0.2) is 5.16 Å². The van der Waals surface area contributed by atoms with Gasteiger partial charge in [-0.2, -0.15) is 0 Å². The van der Waals surface area contributed by atoms with Crippen molar-refractivity contribution < 1.29 is 14.4 Å². The Morgan fingerprint density at radius 1 is 1.43 bits per heavy atom. The predicted octanol–water partition coefficient (Wildman–Crippen LogP) is -0.656. The molecular formula is C3H3NO3. The van der Waals surface area contributed by atoms with Gasteiger partial charge < -0.3 is 4.84 Å². The van der Waals surface area contributed by atoms with Crippen LogP contribution in [0.25, 0.3) is 0 Å². The monoisotopic (exact) mass is 101 g/mol. The third-order valence-electron chi connectivity index (χ3n) is 0.226. The van der Waals surface area contributed by atoms with Crippen LogP contribution in [0.4, 0.5) is 0 Å². The first-order valence-electron chi connectivity index (χ1n) is 1.48. The number of hydrogen-bond acceptors (Lipinski definition) is 4. The summed E-state index contributed by atoms with van der Waals surface area (Å²) in [5.74, 6) is 0. The quantitative estimate of drug-likeness (QED) is 0.205. The molecule has 0 aliphatic heterocycles. The fourth-order valence-electron chi connectivity index (χ4n) is 0.0848. The second-order valence-corrected chi connectivity index (χ2v) is 0.592. The third kappa shape index (κ3) is 4.81. The van der Waals surface area contributed by atoms with E-state index in [1.165, 1.54) is 0 Å². The molecule has 4 nitrogen and oxygen atoms in total. The van der Waals surface area contributed by atoms with E-state index in [4.69, 9.17) is 0 Å². The second kappa shape index (κ2) is 4.81. The van der Waals surface area contributed by atoms with Gasteiger partial charge in [-0.05, 0) is 0 Å². The summed E-state index contributed by atoms with van der Waals surface area (Å²) in [6.07, 6.45) is 1.23. The maximum atomic E-state index is 9.33. The molecule has 7 heavy (non-hydrogen) atoms. The highest BCUT2D eigenvalue weighted by Crippen LogP contribution is 1.58. The second-order valence-electron chi connectivity index (χ2n) is 0.592. The molecule has 0 aromatic carbocycles. The Morgan fingerprint density at radius 3 is 2.57 bits per heavy atom. The van der Waals surface area contributed by atoms with Crippen molar-refractivity contribution in [3.8, 4) is 0 Å². The molecule has 0 radical (unpaired) electrons. The first kappa shape index (κ1) is 5.81. The average molecular weight is 101 g/mol. The molecule has 0 aliphatic rings. The van der Waals surface area contributed by atoms with Gasteiger partial charge in [-0.25, -0.2) is 0 Å². The van der Waals surface area contributed by atoms with Crippen LogP contribution >= 0.6 is 0 Å². The van der Waals surface area contributed by atoms with Crippen LogP contribution in [0.5, 0.6) is 0 Å². The molecule has 0 saturated heterocycles. The maximum absolute atomic E-state index is 9.33. The van der Waals surface area contributed by atoms with Gasteiger partial charge in [0, 0.05) is 0 Å². The molecule has 0 saturated carbocycles. The van der Waals surface area contributed by atoms with Crippen LogP contribution in [-0.4, -0.2) is 19.0 Å². The molecule has 0 aromatic heterocycles. The highest BCUT2D eigenvalue weighted by atomic mass is 16.7. The average Bonchev–Trinajstić information content (AvgIpc) is 1.69. The van der Waals surface area contributed by atoms with Crippen molar-refractivity contribution in [3.05, 3.63) is 0 Å². The number of oxime groups is 1. The third-order valence-corrected chi connectivity index (χ3v) is 0.226. The van der Waals surface area contributed by atoms with E-state index in [1.54, 1.807) is 0 Å². The van der Waals surface area contributed by atoms with Crippen LogP contribution in [0.2, 0.25) is 0 Å². The number of hydrogen-bond donors (Lipinski definition) is 0. The smallest absolute Gasteiger partial charge is 0.322 e. The van der Waals surface area contributed by atoms with E-state index in [0.717, 1.165) is 6.21 Å². The standard InChI is InChI=1S/C3H3NO3/c5-2-1-4-7-3-6/h1-3H/b4-1-. The van der Waals surface area contributed by atoms with Gasteiger partial charge >= 0.3 is 6.47 Å². The SMILES string of the molecule is O=C/C=N\OC=O. The molecule has 0 aromatic rings. The lowest BCUT2D eigenvalue weighted by molar-refractivity contribution is -0.128. The van der Waals surface area contributed by atoms with Crippen molar-refractivity contribution in [2.75, 3.05) is 0 Å². The van der Waals surface area contributed by atoms with Crippen LogP contribution < -0.4 is 0 Å². The molecule has 0 atom stereocenters. The number of carbonyl (C=O) groups is 2. The Balaban J connectivity index is 3.08. The molecule has 38 valence electrons. The number of aldehydes is 1. The summed E-state index contributed by atoms with van der Waals surface area (Å²) in [6, 6.07) is 0. The van der Waals surface area contributed by atoms with Gasteiger partial charge in [-0.3, -0.25) is 9.59 Å². The summed E-state index contributed by atoms with van der Waals surface area (Å²) in [7, 11) is 0. The lowest BCUT2D eigenvalue weighted by atomic mass is 10.9. The molecule has 0 N–H and O–H groups in total. The van der Waals surface area contributed by atoms with E-state index in [1.807, 2.05) is 0 Å². The zero-order chi connectivity index (χ0) is 5.54. The van der Waals surface area contributed by atoms with Gasteiger partial charge in [0.15, 0.2) is 6.29 Å². The zero-order valence-electron chi connectivity index (χ0n) is 3.40. The van der Waals surface area contributed by atoms with Gasteiger partial charge in [-0.1, -0.05) is 5.16 Å². The topological polar surface area (TPSA) is 55.7 Å². The van der Waals surface area contributed by atoms with E-state index in [2.05, 4.69) is 9.99 Å². The number of rotatable bonds is 3. The number of carbonyl (C=O) groups excluding carboxylic acids is 2. The first-order chi connectivity index (χ1) is 3.41. The summed E-state index contributed by atoms with van der Waals surface area (Å²) in [6.45, 7) is 0.125. The minimum absolute atomic E-state index is 0.125. The Hall–Kier alpha value is -1.19.